The van der Waals surface area contributed by atoms with Gasteiger partial charge in [-0.1, -0.05) is 106 Å². The molecule has 0 aliphatic heterocycles. The Morgan fingerprint density at radius 1 is 0.881 bits per heavy atom. The van der Waals surface area contributed by atoms with Gasteiger partial charge in [-0.25, -0.2) is 0 Å². The van der Waals surface area contributed by atoms with Gasteiger partial charge in [-0.05, 0) is 98.5 Å². The summed E-state index contributed by atoms with van der Waals surface area (Å²) in [6.07, 6.45) is 42.8. The van der Waals surface area contributed by atoms with Crippen LogP contribution in [-0.2, 0) is 9.47 Å². The first-order valence-corrected chi connectivity index (χ1v) is 16.2. The predicted octanol–water partition coefficient (Wildman–Crippen LogP) is 9.39. The van der Waals surface area contributed by atoms with E-state index >= 15 is 0 Å². The van der Waals surface area contributed by atoms with Crippen LogP contribution in [-0.4, -0.2) is 36.8 Å². The van der Waals surface area contributed by atoms with Crippen molar-refractivity contribution in [1.82, 2.24) is 0 Å². The van der Waals surface area contributed by atoms with Gasteiger partial charge >= 0.3 is 0 Å². The molecule has 4 heteroatoms. The van der Waals surface area contributed by atoms with Gasteiger partial charge in [0.2, 0.25) is 0 Å². The van der Waals surface area contributed by atoms with Gasteiger partial charge in [0.1, 0.15) is 19.2 Å². The second-order valence-electron chi connectivity index (χ2n) is 11.2. The van der Waals surface area contributed by atoms with Crippen molar-refractivity contribution >= 4 is 0 Å². The molecule has 1 saturated carbocycles. The van der Waals surface area contributed by atoms with Gasteiger partial charge in [0.05, 0.1) is 6.61 Å². The van der Waals surface area contributed by atoms with Crippen LogP contribution in [0, 0.1) is 11.8 Å². The number of ether oxygens (including phenoxy) is 2. The van der Waals surface area contributed by atoms with Crippen LogP contribution in [0.4, 0.5) is 0 Å². The minimum absolute atomic E-state index is 0.198. The maximum Gasteiger partial charge on any atom is 0.143 e. The summed E-state index contributed by atoms with van der Waals surface area (Å²) in [6.45, 7) is 6.84. The monoisotopic (exact) mass is 576 g/mol. The molecule has 2 aliphatic carbocycles. The highest BCUT2D eigenvalue weighted by atomic mass is 16.6. The Balaban J connectivity index is 2.12. The smallest absolute Gasteiger partial charge is 0.143 e. The van der Waals surface area contributed by atoms with Crippen molar-refractivity contribution < 1.29 is 19.7 Å². The standard InChI is InChI=1S/C38H56O4/c1-3-5-6-7-10-17-35-20-15-22-38(42-31-30-41-32-40)21-12-9-8-11-18-36(35)26-23-33-24-27-37(28-25-33)34(16-4-2)19-13-14-29-39/h4,8-9,11-13,15-16,18-22,33,37,39-40H,2-3,5-7,10,14,17,23-32H2,1H3/b9-8+,11-8?,12-9?,18-11-,19-13-,20-15+,21-12-,22-15?,34-16+,35-20?,36-18?,36-35+,38-21?,38-22+. The van der Waals surface area contributed by atoms with Crippen molar-refractivity contribution in [2.75, 3.05) is 26.6 Å². The molecule has 0 unspecified atom stereocenters. The number of hydrogen-bond donors (Lipinski definition) is 2. The zero-order valence-corrected chi connectivity index (χ0v) is 26.1. The summed E-state index contributed by atoms with van der Waals surface area (Å²) in [6, 6.07) is 0. The minimum Gasteiger partial charge on any atom is -0.491 e. The fraction of sp³-hybridized carbons (Fsp3) is 0.526. The van der Waals surface area contributed by atoms with Crippen LogP contribution < -0.4 is 0 Å². The maximum atomic E-state index is 9.14. The Morgan fingerprint density at radius 3 is 2.36 bits per heavy atom. The molecule has 0 atom stereocenters. The number of rotatable bonds is 19. The summed E-state index contributed by atoms with van der Waals surface area (Å²) >= 11 is 0. The van der Waals surface area contributed by atoms with Crippen LogP contribution in [0.5, 0.6) is 0 Å². The fourth-order valence-electron chi connectivity index (χ4n) is 5.67. The summed E-state index contributed by atoms with van der Waals surface area (Å²) in [5.74, 6) is 2.12. The topological polar surface area (TPSA) is 58.9 Å². The molecule has 0 radical (unpaired) electrons. The number of unbranched alkanes of at least 4 members (excludes halogenated alkanes) is 4. The lowest BCUT2D eigenvalue weighted by atomic mass is 9.76. The summed E-state index contributed by atoms with van der Waals surface area (Å²) in [7, 11) is 0. The van der Waals surface area contributed by atoms with Crippen LogP contribution in [0.15, 0.2) is 108 Å². The second kappa shape index (κ2) is 23.9. The van der Waals surface area contributed by atoms with E-state index in [1.165, 1.54) is 80.9 Å². The van der Waals surface area contributed by atoms with Gasteiger partial charge in [0, 0.05) is 6.61 Å². The van der Waals surface area contributed by atoms with Crippen LogP contribution in [0.3, 0.4) is 0 Å². The largest absolute Gasteiger partial charge is 0.491 e. The van der Waals surface area contributed by atoms with Crippen molar-refractivity contribution in [3.63, 3.8) is 0 Å². The predicted molar refractivity (Wildman–Crippen MR) is 178 cm³/mol. The van der Waals surface area contributed by atoms with Crippen molar-refractivity contribution in [2.45, 2.75) is 90.4 Å². The Morgan fingerprint density at radius 2 is 1.62 bits per heavy atom. The SMILES string of the molecule is C=C/C=C(\C=C/CCO)C1CCC(CCC2=C(CCCCCCC)/C=C/C=C(OCCOCO)\C=C/C=C/C=C\2)CC1. The molecule has 4 nitrogen and oxygen atoms in total. The molecule has 0 heterocycles. The molecule has 0 aromatic carbocycles. The van der Waals surface area contributed by atoms with E-state index in [4.69, 9.17) is 19.7 Å². The van der Waals surface area contributed by atoms with Gasteiger partial charge in [-0.3, -0.25) is 0 Å². The molecule has 1 fully saturated rings. The molecule has 2 N–H and O–H groups in total. The van der Waals surface area contributed by atoms with E-state index in [0.717, 1.165) is 24.5 Å². The van der Waals surface area contributed by atoms with Crippen LogP contribution in [0.25, 0.3) is 0 Å². The minimum atomic E-state index is -0.292. The second-order valence-corrected chi connectivity index (χ2v) is 11.2. The molecule has 0 saturated heterocycles. The molecule has 0 spiro atoms. The van der Waals surface area contributed by atoms with Crippen LogP contribution >= 0.6 is 0 Å². The van der Waals surface area contributed by atoms with Crippen molar-refractivity contribution in [1.29, 1.82) is 0 Å². The number of aliphatic hydroxyl groups is 2. The van der Waals surface area contributed by atoms with Crippen molar-refractivity contribution in [3.05, 3.63) is 108 Å². The highest BCUT2D eigenvalue weighted by Crippen LogP contribution is 2.37. The lowest BCUT2D eigenvalue weighted by Crippen LogP contribution is -2.16. The fourth-order valence-corrected chi connectivity index (χ4v) is 5.67. The summed E-state index contributed by atoms with van der Waals surface area (Å²) in [5, 5.41) is 18.0. The van der Waals surface area contributed by atoms with Crippen molar-refractivity contribution in [2.24, 2.45) is 11.8 Å². The highest BCUT2D eigenvalue weighted by Gasteiger charge is 2.23. The quantitative estimate of drug-likeness (QED) is 0.0913. The van der Waals surface area contributed by atoms with Crippen molar-refractivity contribution in [3.8, 4) is 0 Å². The first-order chi connectivity index (χ1) is 20.7. The van der Waals surface area contributed by atoms with Crippen LogP contribution in [0.2, 0.25) is 0 Å². The first-order valence-electron chi connectivity index (χ1n) is 16.2. The summed E-state index contributed by atoms with van der Waals surface area (Å²) in [4.78, 5) is 0. The average molecular weight is 577 g/mol. The lowest BCUT2D eigenvalue weighted by molar-refractivity contribution is -0.0194. The van der Waals surface area contributed by atoms with Gasteiger partial charge in [-0.2, -0.15) is 0 Å². The molecular formula is C38H56O4. The number of hydrogen-bond acceptors (Lipinski definition) is 4. The normalized spacial score (nSPS) is 26.1. The van der Waals surface area contributed by atoms with Crippen LogP contribution in [0.1, 0.15) is 90.4 Å². The average Bonchev–Trinajstić information content (AvgIpc) is 3.00. The Labute approximate surface area is 256 Å². The molecule has 0 bridgehead atoms. The number of allylic oxidation sites excluding steroid dienone is 15. The van der Waals surface area contributed by atoms with Gasteiger partial charge in [-0.15, -0.1) is 0 Å². The Kier molecular flexibility index (Phi) is 20.2. The zero-order chi connectivity index (χ0) is 30.1. The van der Waals surface area contributed by atoms with E-state index in [2.05, 4.69) is 62.1 Å². The molecule has 2 aliphatic rings. The third-order valence-corrected chi connectivity index (χ3v) is 8.06. The molecule has 0 amide bonds. The van der Waals surface area contributed by atoms with Gasteiger partial charge < -0.3 is 19.7 Å². The third-order valence-electron chi connectivity index (χ3n) is 8.06. The first kappa shape index (κ1) is 35.5. The maximum absolute atomic E-state index is 9.14. The molecule has 42 heavy (non-hydrogen) atoms. The summed E-state index contributed by atoms with van der Waals surface area (Å²) < 4.78 is 10.9. The van der Waals surface area contributed by atoms with E-state index < -0.39 is 0 Å². The van der Waals surface area contributed by atoms with E-state index in [1.54, 1.807) is 0 Å². The third kappa shape index (κ3) is 15.5. The Hall–Kier alpha value is -2.66. The highest BCUT2D eigenvalue weighted by molar-refractivity contribution is 5.37. The molecule has 232 valence electrons. The zero-order valence-electron chi connectivity index (χ0n) is 26.1. The van der Waals surface area contributed by atoms with E-state index in [9.17, 15) is 0 Å². The van der Waals surface area contributed by atoms with E-state index in [1.807, 2.05) is 30.4 Å². The molecule has 0 aromatic rings. The van der Waals surface area contributed by atoms with Gasteiger partial charge in [0.15, 0.2) is 0 Å². The number of aliphatic hydroxyl groups excluding tert-OH is 2. The van der Waals surface area contributed by atoms with E-state index in [0.29, 0.717) is 25.6 Å². The molecular weight excluding hydrogens is 520 g/mol. The Bertz CT molecular complexity index is 981. The molecule has 2 rings (SSSR count). The lowest BCUT2D eigenvalue weighted by Gasteiger charge is -2.29. The summed E-state index contributed by atoms with van der Waals surface area (Å²) in [5.41, 5.74) is 4.24. The molecule has 0 aromatic heterocycles. The van der Waals surface area contributed by atoms with E-state index in [-0.39, 0.29) is 13.4 Å². The van der Waals surface area contributed by atoms with Gasteiger partial charge in [0.25, 0.3) is 0 Å².